The van der Waals surface area contributed by atoms with E-state index in [0.29, 0.717) is 35.4 Å². The van der Waals surface area contributed by atoms with Crippen LogP contribution in [0.25, 0.3) is 22.2 Å². The quantitative estimate of drug-likeness (QED) is 0.522. The normalized spacial score (nSPS) is 15.6. The number of rotatable bonds is 3. The van der Waals surface area contributed by atoms with Crippen molar-refractivity contribution in [2.24, 2.45) is 14.1 Å². The smallest absolute Gasteiger partial charge is 0.331 e. The molecule has 0 saturated heterocycles. The molecule has 3 heterocycles. The maximum Gasteiger partial charge on any atom is 0.331 e. The second-order valence-corrected chi connectivity index (χ2v) is 8.37. The first kappa shape index (κ1) is 21.1. The minimum atomic E-state index is -0.575. The maximum absolute atomic E-state index is 13.4. The molecule has 8 heteroatoms. The number of methoxy groups -OCH3 is 1. The molecule has 0 aliphatic carbocycles. The summed E-state index contributed by atoms with van der Waals surface area (Å²) in [6.45, 7) is 2.95. The molecular weight excluding hydrogens is 422 g/mol. The number of phenolic OH excluding ortho intramolecular Hbond substituents is 1. The molecule has 2 aromatic carbocycles. The molecule has 8 nitrogen and oxygen atoms in total. The van der Waals surface area contributed by atoms with E-state index in [0.717, 1.165) is 27.1 Å². The molecule has 2 aromatic heterocycles. The van der Waals surface area contributed by atoms with Gasteiger partial charge in [0.15, 0.2) is 11.5 Å². The molecule has 0 radical (unpaired) electrons. The van der Waals surface area contributed by atoms with Crippen LogP contribution in [0, 0.1) is 6.92 Å². The van der Waals surface area contributed by atoms with Gasteiger partial charge in [-0.05, 0) is 36.2 Å². The fourth-order valence-corrected chi connectivity index (χ4v) is 4.80. The molecule has 0 fully saturated rings. The Balaban J connectivity index is 1.91. The molecule has 1 N–H and O–H groups in total. The minimum absolute atomic E-state index is 0.00436. The van der Waals surface area contributed by atoms with Gasteiger partial charge in [-0.2, -0.15) is 0 Å². The van der Waals surface area contributed by atoms with Crippen molar-refractivity contribution in [3.63, 3.8) is 0 Å². The number of ether oxygens (including phenoxy) is 2. The number of aromatic nitrogens is 3. The summed E-state index contributed by atoms with van der Waals surface area (Å²) >= 11 is 0. The van der Waals surface area contributed by atoms with Gasteiger partial charge in [0.25, 0.3) is 5.56 Å². The SMILES string of the molecule is COc1ccc([C@@H]2OCCn3c(-c4cccc(C)c4)c4c(=O)n(C)c(=O)n(C)c4c32)cc1O. The van der Waals surface area contributed by atoms with Gasteiger partial charge in [0, 0.05) is 20.6 Å². The van der Waals surface area contributed by atoms with Gasteiger partial charge in [0.1, 0.15) is 6.10 Å². The Morgan fingerprint density at radius 2 is 1.88 bits per heavy atom. The van der Waals surface area contributed by atoms with Crippen LogP contribution in [0.3, 0.4) is 0 Å². The van der Waals surface area contributed by atoms with E-state index >= 15 is 0 Å². The van der Waals surface area contributed by atoms with E-state index in [9.17, 15) is 14.7 Å². The zero-order valence-corrected chi connectivity index (χ0v) is 19.0. The van der Waals surface area contributed by atoms with Gasteiger partial charge in [-0.15, -0.1) is 0 Å². The Morgan fingerprint density at radius 1 is 1.09 bits per heavy atom. The third-order valence-corrected chi connectivity index (χ3v) is 6.35. The van der Waals surface area contributed by atoms with E-state index in [1.54, 1.807) is 19.2 Å². The molecule has 1 atom stereocenters. The topological polar surface area (TPSA) is 87.6 Å². The average Bonchev–Trinajstić information content (AvgIpc) is 3.17. The molecule has 0 amide bonds. The van der Waals surface area contributed by atoms with E-state index in [1.807, 2.05) is 37.3 Å². The number of fused-ring (bicyclic) bond motifs is 3. The van der Waals surface area contributed by atoms with Gasteiger partial charge < -0.3 is 19.1 Å². The van der Waals surface area contributed by atoms with E-state index in [4.69, 9.17) is 9.47 Å². The predicted octanol–water partition coefficient (Wildman–Crippen LogP) is 2.85. The van der Waals surface area contributed by atoms with Crippen molar-refractivity contribution < 1.29 is 14.6 Å². The van der Waals surface area contributed by atoms with Crippen molar-refractivity contribution in [2.45, 2.75) is 19.6 Å². The van der Waals surface area contributed by atoms with Crippen LogP contribution < -0.4 is 16.0 Å². The molecule has 1 aliphatic rings. The lowest BCUT2D eigenvalue weighted by Crippen LogP contribution is -2.37. The summed E-state index contributed by atoms with van der Waals surface area (Å²) in [5.74, 6) is 0.354. The van der Waals surface area contributed by atoms with Crippen molar-refractivity contribution in [3.05, 3.63) is 80.1 Å². The Bertz CT molecular complexity index is 1530. The van der Waals surface area contributed by atoms with Crippen LogP contribution in [0.2, 0.25) is 0 Å². The molecule has 0 bridgehead atoms. The number of hydrogen-bond acceptors (Lipinski definition) is 5. The van der Waals surface area contributed by atoms with Gasteiger partial charge in [-0.1, -0.05) is 29.8 Å². The van der Waals surface area contributed by atoms with Gasteiger partial charge in [-0.3, -0.25) is 13.9 Å². The summed E-state index contributed by atoms with van der Waals surface area (Å²) in [7, 11) is 4.66. The van der Waals surface area contributed by atoms with E-state index in [1.165, 1.54) is 18.7 Å². The zero-order valence-electron chi connectivity index (χ0n) is 19.0. The summed E-state index contributed by atoms with van der Waals surface area (Å²) in [6, 6.07) is 13.1. The minimum Gasteiger partial charge on any atom is -0.504 e. The average molecular weight is 447 g/mol. The van der Waals surface area contributed by atoms with Crippen molar-refractivity contribution in [1.29, 1.82) is 0 Å². The Labute approximate surface area is 189 Å². The first-order valence-corrected chi connectivity index (χ1v) is 10.7. The summed E-state index contributed by atoms with van der Waals surface area (Å²) in [6.07, 6.45) is -0.575. The van der Waals surface area contributed by atoms with Crippen LogP contribution >= 0.6 is 0 Å². The first-order chi connectivity index (χ1) is 15.8. The molecule has 5 rings (SSSR count). The van der Waals surface area contributed by atoms with Crippen molar-refractivity contribution in [2.75, 3.05) is 13.7 Å². The van der Waals surface area contributed by atoms with Crippen LogP contribution in [-0.4, -0.2) is 32.5 Å². The number of benzene rings is 2. The zero-order chi connectivity index (χ0) is 23.4. The molecule has 0 saturated carbocycles. The molecule has 33 heavy (non-hydrogen) atoms. The number of nitrogens with zero attached hydrogens (tertiary/aromatic N) is 3. The highest BCUT2D eigenvalue weighted by molar-refractivity contribution is 5.96. The van der Waals surface area contributed by atoms with E-state index in [2.05, 4.69) is 4.57 Å². The summed E-state index contributed by atoms with van der Waals surface area (Å²) < 4.78 is 16.1. The lowest BCUT2D eigenvalue weighted by Gasteiger charge is -2.28. The second kappa shape index (κ2) is 7.67. The molecular formula is C25H25N3O5. The highest BCUT2D eigenvalue weighted by Crippen LogP contribution is 2.42. The highest BCUT2D eigenvalue weighted by Gasteiger charge is 2.33. The molecule has 4 aromatic rings. The van der Waals surface area contributed by atoms with Crippen LogP contribution in [0.1, 0.15) is 22.9 Å². The summed E-state index contributed by atoms with van der Waals surface area (Å²) in [5.41, 5.74) is 3.96. The maximum atomic E-state index is 13.4. The Hall–Kier alpha value is -3.78. The number of aromatic hydroxyl groups is 1. The fourth-order valence-electron chi connectivity index (χ4n) is 4.80. The Kier molecular flexibility index (Phi) is 4.90. The Morgan fingerprint density at radius 3 is 2.58 bits per heavy atom. The number of hydrogen-bond donors (Lipinski definition) is 1. The van der Waals surface area contributed by atoms with Gasteiger partial charge >= 0.3 is 5.69 Å². The summed E-state index contributed by atoms with van der Waals surface area (Å²) in [5, 5.41) is 10.9. The van der Waals surface area contributed by atoms with Crippen LogP contribution in [0.5, 0.6) is 11.5 Å². The van der Waals surface area contributed by atoms with Crippen LogP contribution in [-0.2, 0) is 25.4 Å². The largest absolute Gasteiger partial charge is 0.504 e. The predicted molar refractivity (Wildman–Crippen MR) is 125 cm³/mol. The monoisotopic (exact) mass is 447 g/mol. The molecule has 0 unspecified atom stereocenters. The standard InChI is InChI=1S/C25H25N3O5/c1-14-6-5-7-15(12-14)20-19-21(26(2)25(31)27(3)24(19)30)22-23(33-11-10-28(20)22)16-8-9-18(32-4)17(29)13-16/h5-9,12-13,23,29H,10-11H2,1-4H3/t23-/m0/s1. The molecule has 0 spiro atoms. The van der Waals surface area contributed by atoms with Crippen molar-refractivity contribution in [1.82, 2.24) is 13.7 Å². The highest BCUT2D eigenvalue weighted by atomic mass is 16.5. The fraction of sp³-hybridized carbons (Fsp3) is 0.280. The van der Waals surface area contributed by atoms with E-state index in [-0.39, 0.29) is 11.3 Å². The third-order valence-electron chi connectivity index (χ3n) is 6.35. The van der Waals surface area contributed by atoms with E-state index < -0.39 is 11.8 Å². The third kappa shape index (κ3) is 3.09. The molecule has 1 aliphatic heterocycles. The number of phenols is 1. The van der Waals surface area contributed by atoms with Crippen molar-refractivity contribution >= 4 is 10.9 Å². The molecule has 170 valence electrons. The second-order valence-electron chi connectivity index (χ2n) is 8.37. The number of aryl methyl sites for hydroxylation is 2. The lowest BCUT2D eigenvalue weighted by molar-refractivity contribution is 0.0477. The van der Waals surface area contributed by atoms with Gasteiger partial charge in [0.05, 0.1) is 36.0 Å². The van der Waals surface area contributed by atoms with Gasteiger partial charge in [-0.25, -0.2) is 4.79 Å². The summed E-state index contributed by atoms with van der Waals surface area (Å²) in [4.78, 5) is 26.3. The van der Waals surface area contributed by atoms with Gasteiger partial charge in [0.2, 0.25) is 0 Å². The van der Waals surface area contributed by atoms with Crippen LogP contribution in [0.4, 0.5) is 0 Å². The lowest BCUT2D eigenvalue weighted by atomic mass is 10.0. The first-order valence-electron chi connectivity index (χ1n) is 10.7. The van der Waals surface area contributed by atoms with Crippen molar-refractivity contribution in [3.8, 4) is 22.8 Å². The van der Waals surface area contributed by atoms with Crippen LogP contribution in [0.15, 0.2) is 52.1 Å².